The van der Waals surface area contributed by atoms with E-state index < -0.39 is 5.82 Å². The number of hydrogen-bond acceptors (Lipinski definition) is 2. The first-order chi connectivity index (χ1) is 14.3. The second kappa shape index (κ2) is 11.6. The summed E-state index contributed by atoms with van der Waals surface area (Å²) >= 11 is 5.71. The van der Waals surface area contributed by atoms with Gasteiger partial charge >= 0.3 is 0 Å². The number of carbonyl (C=O) groups excluding carboxylic acids is 1. The van der Waals surface area contributed by atoms with Gasteiger partial charge in [0.2, 0.25) is 5.91 Å². The highest BCUT2D eigenvalue weighted by atomic mass is 35.5. The lowest BCUT2D eigenvalue weighted by Gasteiger charge is -2.13. The molecule has 0 saturated heterocycles. The third-order valence-electron chi connectivity index (χ3n) is 4.81. The number of benzene rings is 2. The van der Waals surface area contributed by atoms with Crippen molar-refractivity contribution >= 4 is 29.6 Å². The molecule has 1 amide bonds. The van der Waals surface area contributed by atoms with Gasteiger partial charge in [0.1, 0.15) is 11.7 Å². The molecule has 0 aliphatic carbocycles. The highest BCUT2D eigenvalue weighted by Crippen LogP contribution is 2.30. The lowest BCUT2D eigenvalue weighted by Crippen LogP contribution is -2.23. The van der Waals surface area contributed by atoms with Gasteiger partial charge in [-0.2, -0.15) is 0 Å². The molecule has 30 heavy (non-hydrogen) atoms. The molecule has 0 fully saturated rings. The second-order valence-corrected chi connectivity index (χ2v) is 7.66. The van der Waals surface area contributed by atoms with Crippen LogP contribution in [0.3, 0.4) is 0 Å². The van der Waals surface area contributed by atoms with Crippen molar-refractivity contribution in [1.29, 1.82) is 5.41 Å². The Kier molecular flexibility index (Phi) is 9.18. The van der Waals surface area contributed by atoms with Gasteiger partial charge in [-0.15, -0.1) is 0 Å². The first kappa shape index (κ1) is 23.7. The highest BCUT2D eigenvalue weighted by molar-refractivity contribution is 6.30. The average molecular weight is 430 g/mol. The summed E-state index contributed by atoms with van der Waals surface area (Å²) in [6.45, 7) is 6.99. The van der Waals surface area contributed by atoms with Crippen molar-refractivity contribution in [3.05, 3.63) is 58.4 Å². The lowest BCUT2D eigenvalue weighted by molar-refractivity contribution is -0.131. The van der Waals surface area contributed by atoms with Gasteiger partial charge in [0, 0.05) is 25.7 Å². The van der Waals surface area contributed by atoms with Crippen LogP contribution in [0.5, 0.6) is 0 Å². The SMILES string of the molecule is CCC(=O)N1Cc2ccc(-c3ccc(Cl)c(F)c3)cc2C1.CCCCC=NC(C)=N. The lowest BCUT2D eigenvalue weighted by atomic mass is 10.0. The van der Waals surface area contributed by atoms with E-state index in [-0.39, 0.29) is 10.9 Å². The van der Waals surface area contributed by atoms with E-state index in [0.29, 0.717) is 25.3 Å². The third kappa shape index (κ3) is 6.77. The molecule has 160 valence electrons. The monoisotopic (exact) mass is 429 g/mol. The zero-order valence-electron chi connectivity index (χ0n) is 17.8. The molecule has 0 atom stereocenters. The maximum Gasteiger partial charge on any atom is 0.222 e. The van der Waals surface area contributed by atoms with Gasteiger partial charge in [-0.05, 0) is 60.2 Å². The van der Waals surface area contributed by atoms with Crippen LogP contribution in [0.1, 0.15) is 57.6 Å². The van der Waals surface area contributed by atoms with Crippen LogP contribution in [-0.4, -0.2) is 22.9 Å². The highest BCUT2D eigenvalue weighted by Gasteiger charge is 2.22. The molecule has 4 nitrogen and oxygen atoms in total. The fourth-order valence-electron chi connectivity index (χ4n) is 3.15. The number of halogens is 2. The quantitative estimate of drug-likeness (QED) is 0.323. The molecule has 2 aromatic carbocycles. The number of rotatable bonds is 5. The summed E-state index contributed by atoms with van der Waals surface area (Å²) in [6.07, 6.45) is 5.71. The summed E-state index contributed by atoms with van der Waals surface area (Å²) in [4.78, 5) is 17.4. The van der Waals surface area contributed by atoms with E-state index in [1.54, 1.807) is 19.1 Å². The third-order valence-corrected chi connectivity index (χ3v) is 5.12. The minimum absolute atomic E-state index is 0.125. The van der Waals surface area contributed by atoms with Gasteiger partial charge < -0.3 is 4.90 Å². The molecular formula is C24H29ClFN3O. The molecule has 0 spiro atoms. The molecule has 0 saturated carbocycles. The van der Waals surface area contributed by atoms with Crippen molar-refractivity contribution in [2.24, 2.45) is 4.99 Å². The largest absolute Gasteiger partial charge is 0.334 e. The molecule has 2 aromatic rings. The van der Waals surface area contributed by atoms with Gasteiger partial charge in [0.15, 0.2) is 0 Å². The zero-order chi connectivity index (χ0) is 22.1. The van der Waals surface area contributed by atoms with Crippen molar-refractivity contribution in [3.8, 4) is 11.1 Å². The summed E-state index contributed by atoms with van der Waals surface area (Å²) < 4.78 is 13.6. The number of hydrogen-bond donors (Lipinski definition) is 1. The Labute approximate surface area is 183 Å². The number of carbonyl (C=O) groups is 1. The Bertz CT molecular complexity index is 927. The van der Waals surface area contributed by atoms with Crippen LogP contribution in [0.4, 0.5) is 4.39 Å². The summed E-state index contributed by atoms with van der Waals surface area (Å²) in [5.41, 5.74) is 4.02. The predicted molar refractivity (Wildman–Crippen MR) is 123 cm³/mol. The van der Waals surface area contributed by atoms with E-state index >= 15 is 0 Å². The standard InChI is InChI=1S/C17H15ClFNO.C7H14N2/c1-2-17(21)20-9-13-4-3-11(7-14(13)10-20)12-5-6-15(18)16(19)8-12;1-3-4-5-6-9-7(2)8/h3-8H,2,9-10H2,1H3;6,8H,3-5H2,1-2H3. The van der Waals surface area contributed by atoms with E-state index in [9.17, 15) is 9.18 Å². The second-order valence-electron chi connectivity index (χ2n) is 7.26. The van der Waals surface area contributed by atoms with Gasteiger partial charge in [-0.25, -0.2) is 9.38 Å². The maximum atomic E-state index is 13.6. The van der Waals surface area contributed by atoms with Crippen molar-refractivity contribution in [2.45, 2.75) is 59.5 Å². The van der Waals surface area contributed by atoms with Crippen LogP contribution in [0.2, 0.25) is 5.02 Å². The van der Waals surface area contributed by atoms with E-state index in [0.717, 1.165) is 28.7 Å². The topological polar surface area (TPSA) is 56.5 Å². The maximum absolute atomic E-state index is 13.6. The van der Waals surface area contributed by atoms with Crippen molar-refractivity contribution < 1.29 is 9.18 Å². The zero-order valence-corrected chi connectivity index (χ0v) is 18.6. The number of amidine groups is 1. The van der Waals surface area contributed by atoms with E-state index in [1.807, 2.05) is 36.2 Å². The molecule has 1 aliphatic heterocycles. The number of amides is 1. The summed E-state index contributed by atoms with van der Waals surface area (Å²) in [5.74, 6) is 0.133. The fourth-order valence-corrected chi connectivity index (χ4v) is 3.26. The predicted octanol–water partition coefficient (Wildman–Crippen LogP) is 6.64. The van der Waals surface area contributed by atoms with Gasteiger partial charge in [-0.3, -0.25) is 10.2 Å². The minimum atomic E-state index is -0.419. The summed E-state index contributed by atoms with van der Waals surface area (Å²) in [7, 11) is 0. The Hall–Kier alpha value is -2.53. The molecule has 1 N–H and O–H groups in total. The minimum Gasteiger partial charge on any atom is -0.334 e. The molecule has 0 aromatic heterocycles. The Morgan fingerprint density at radius 2 is 1.83 bits per heavy atom. The molecule has 3 rings (SSSR count). The van der Waals surface area contributed by atoms with Crippen molar-refractivity contribution in [1.82, 2.24) is 4.90 Å². The molecule has 6 heteroatoms. The normalized spacial score (nSPS) is 12.5. The smallest absolute Gasteiger partial charge is 0.222 e. The Morgan fingerprint density at radius 3 is 2.47 bits per heavy atom. The number of nitrogens with zero attached hydrogens (tertiary/aromatic N) is 2. The van der Waals surface area contributed by atoms with E-state index in [1.165, 1.54) is 18.9 Å². The van der Waals surface area contributed by atoms with Crippen LogP contribution in [-0.2, 0) is 17.9 Å². The van der Waals surface area contributed by atoms with E-state index in [2.05, 4.69) is 11.9 Å². The molecule has 1 aliphatic rings. The van der Waals surface area contributed by atoms with Crippen LogP contribution >= 0.6 is 11.6 Å². The van der Waals surface area contributed by atoms with Crippen LogP contribution in [0.15, 0.2) is 41.4 Å². The Balaban J connectivity index is 0.000000303. The first-order valence-corrected chi connectivity index (χ1v) is 10.7. The molecule has 0 radical (unpaired) electrons. The van der Waals surface area contributed by atoms with Gasteiger partial charge in [0.25, 0.3) is 0 Å². The summed E-state index contributed by atoms with van der Waals surface area (Å²) in [5, 5.41) is 7.06. The number of fused-ring (bicyclic) bond motifs is 1. The molecule has 0 bridgehead atoms. The van der Waals surface area contributed by atoms with Gasteiger partial charge in [0.05, 0.1) is 5.02 Å². The number of nitrogens with one attached hydrogen (secondary N) is 1. The van der Waals surface area contributed by atoms with Crippen LogP contribution in [0.25, 0.3) is 11.1 Å². The average Bonchev–Trinajstić information content (AvgIpc) is 3.16. The van der Waals surface area contributed by atoms with Gasteiger partial charge in [-0.1, -0.05) is 50.1 Å². The fraction of sp³-hybridized carbons (Fsp3) is 0.375. The first-order valence-electron chi connectivity index (χ1n) is 10.3. The molecule has 1 heterocycles. The van der Waals surface area contributed by atoms with E-state index in [4.69, 9.17) is 17.0 Å². The number of unbranched alkanes of at least 4 members (excludes halogenated alkanes) is 2. The Morgan fingerprint density at radius 1 is 1.17 bits per heavy atom. The molecule has 0 unspecified atom stereocenters. The van der Waals surface area contributed by atoms with Crippen LogP contribution < -0.4 is 0 Å². The van der Waals surface area contributed by atoms with Crippen molar-refractivity contribution in [3.63, 3.8) is 0 Å². The molecular weight excluding hydrogens is 401 g/mol. The number of aliphatic imine (C=N–C) groups is 1. The van der Waals surface area contributed by atoms with Crippen LogP contribution in [0, 0.1) is 11.2 Å². The van der Waals surface area contributed by atoms with Crippen molar-refractivity contribution in [2.75, 3.05) is 0 Å². The summed E-state index contributed by atoms with van der Waals surface area (Å²) in [6, 6.07) is 10.8.